The molecule has 7 heteroatoms. The second-order valence-electron chi connectivity index (χ2n) is 7.32. The van der Waals surface area contributed by atoms with Crippen LogP contribution in [0.4, 0.5) is 0 Å². The molecule has 0 fully saturated rings. The molecule has 2 rings (SSSR count). The molecule has 0 unspecified atom stereocenters. The summed E-state index contributed by atoms with van der Waals surface area (Å²) in [6.07, 6.45) is 0.776. The summed E-state index contributed by atoms with van der Waals surface area (Å²) >= 11 is 0. The zero-order valence-electron chi connectivity index (χ0n) is 17.6. The largest absolute Gasteiger partial charge is 0.271 e. The van der Waals surface area contributed by atoms with E-state index in [-0.39, 0.29) is 23.3 Å². The third-order valence-electron chi connectivity index (χ3n) is 4.68. The van der Waals surface area contributed by atoms with Crippen LogP contribution >= 0.6 is 0 Å². The van der Waals surface area contributed by atoms with Crippen LogP contribution in [0.1, 0.15) is 48.7 Å². The molecule has 0 aliphatic rings. The van der Waals surface area contributed by atoms with Crippen molar-refractivity contribution in [2.24, 2.45) is 11.0 Å². The fraction of sp³-hybridized carbons (Fsp3) is 0.364. The van der Waals surface area contributed by atoms with Crippen LogP contribution < -0.4 is 5.43 Å². The summed E-state index contributed by atoms with van der Waals surface area (Å²) < 4.78 is 26.7. The lowest BCUT2D eigenvalue weighted by molar-refractivity contribution is 0.0954. The predicted molar refractivity (Wildman–Crippen MR) is 116 cm³/mol. The average Bonchev–Trinajstić information content (AvgIpc) is 2.69. The standard InChI is InChI=1S/C22H29N3O3S/c1-6-21(16(2)3)23-24-22(26)19-11-9-18(10-12-19)15-25(5)29(27,28)20-13-7-17(4)8-14-20/h7-14,16H,6,15H2,1-5H3,(H,24,26)/b23-21-. The summed E-state index contributed by atoms with van der Waals surface area (Å²) in [7, 11) is -2.03. The normalized spacial score (nSPS) is 12.4. The molecule has 0 radical (unpaired) electrons. The molecule has 156 valence electrons. The number of sulfonamides is 1. The Bertz CT molecular complexity index is 963. The molecule has 0 aromatic heterocycles. The van der Waals surface area contributed by atoms with Gasteiger partial charge in [-0.2, -0.15) is 9.41 Å². The molecular formula is C22H29N3O3S. The van der Waals surface area contributed by atoms with Gasteiger partial charge in [-0.25, -0.2) is 13.8 Å². The van der Waals surface area contributed by atoms with Gasteiger partial charge in [0.1, 0.15) is 0 Å². The minimum atomic E-state index is -3.57. The fourth-order valence-electron chi connectivity index (χ4n) is 2.80. The average molecular weight is 416 g/mol. The molecule has 0 aliphatic heterocycles. The lowest BCUT2D eigenvalue weighted by Gasteiger charge is -2.17. The first kappa shape index (κ1) is 22.8. The summed E-state index contributed by atoms with van der Waals surface area (Å²) in [4.78, 5) is 12.5. The first-order valence-corrected chi connectivity index (χ1v) is 11.1. The monoisotopic (exact) mass is 415 g/mol. The number of rotatable bonds is 8. The molecule has 0 heterocycles. The minimum Gasteiger partial charge on any atom is -0.267 e. The van der Waals surface area contributed by atoms with Gasteiger partial charge in [-0.3, -0.25) is 4.79 Å². The fourth-order valence-corrected chi connectivity index (χ4v) is 3.96. The lowest BCUT2D eigenvalue weighted by Crippen LogP contribution is -2.26. The van der Waals surface area contributed by atoms with Crippen molar-refractivity contribution < 1.29 is 13.2 Å². The Morgan fingerprint density at radius 2 is 1.66 bits per heavy atom. The van der Waals surface area contributed by atoms with E-state index < -0.39 is 10.0 Å². The second-order valence-corrected chi connectivity index (χ2v) is 9.37. The van der Waals surface area contributed by atoms with Crippen molar-refractivity contribution in [3.63, 3.8) is 0 Å². The van der Waals surface area contributed by atoms with Gasteiger partial charge in [0.2, 0.25) is 10.0 Å². The Labute approximate surface area is 173 Å². The number of hydrazone groups is 1. The van der Waals surface area contributed by atoms with Gasteiger partial charge in [0.25, 0.3) is 5.91 Å². The molecule has 0 bridgehead atoms. The van der Waals surface area contributed by atoms with Crippen LogP contribution in [0.2, 0.25) is 0 Å². The molecule has 6 nitrogen and oxygen atoms in total. The van der Waals surface area contributed by atoms with Gasteiger partial charge < -0.3 is 0 Å². The van der Waals surface area contributed by atoms with E-state index in [1.807, 2.05) is 27.7 Å². The third kappa shape index (κ3) is 5.98. The molecule has 0 atom stereocenters. The van der Waals surface area contributed by atoms with Crippen molar-refractivity contribution in [2.45, 2.75) is 45.6 Å². The van der Waals surface area contributed by atoms with E-state index >= 15 is 0 Å². The Kier molecular flexibility index (Phi) is 7.70. The summed E-state index contributed by atoms with van der Waals surface area (Å²) in [5.41, 5.74) is 5.78. The minimum absolute atomic E-state index is 0.212. The van der Waals surface area contributed by atoms with Crippen LogP contribution in [0.3, 0.4) is 0 Å². The van der Waals surface area contributed by atoms with Crippen molar-refractivity contribution in [3.8, 4) is 0 Å². The Hall–Kier alpha value is -2.51. The van der Waals surface area contributed by atoms with Gasteiger partial charge in [0, 0.05) is 24.9 Å². The topological polar surface area (TPSA) is 78.8 Å². The summed E-state index contributed by atoms with van der Waals surface area (Å²) in [5.74, 6) is -0.0162. The molecule has 0 aliphatic carbocycles. The first-order chi connectivity index (χ1) is 13.6. The Morgan fingerprint density at radius 3 is 2.17 bits per heavy atom. The van der Waals surface area contributed by atoms with Crippen LogP contribution in [0.5, 0.6) is 0 Å². The maximum absolute atomic E-state index is 12.7. The number of hydrogen-bond donors (Lipinski definition) is 1. The van der Waals surface area contributed by atoms with Gasteiger partial charge in [0.15, 0.2) is 0 Å². The Balaban J connectivity index is 2.06. The second kappa shape index (κ2) is 9.80. The van der Waals surface area contributed by atoms with Crippen LogP contribution in [0.15, 0.2) is 58.5 Å². The number of aryl methyl sites for hydroxylation is 1. The quantitative estimate of drug-likeness (QED) is 0.523. The number of amides is 1. The molecule has 2 aromatic rings. The lowest BCUT2D eigenvalue weighted by atomic mass is 10.1. The van der Waals surface area contributed by atoms with Gasteiger partial charge >= 0.3 is 0 Å². The highest BCUT2D eigenvalue weighted by Crippen LogP contribution is 2.17. The molecule has 1 N–H and O–H groups in total. The molecule has 0 saturated carbocycles. The third-order valence-corrected chi connectivity index (χ3v) is 6.50. The van der Waals surface area contributed by atoms with Gasteiger partial charge in [-0.1, -0.05) is 50.6 Å². The maximum atomic E-state index is 12.7. The van der Waals surface area contributed by atoms with Gasteiger partial charge in [-0.05, 0) is 49.1 Å². The number of nitrogens with zero attached hydrogens (tertiary/aromatic N) is 2. The summed E-state index contributed by atoms with van der Waals surface area (Å²) in [5, 5.41) is 4.19. The van der Waals surface area contributed by atoms with E-state index in [4.69, 9.17) is 0 Å². The van der Waals surface area contributed by atoms with Crippen molar-refractivity contribution in [1.82, 2.24) is 9.73 Å². The van der Waals surface area contributed by atoms with Crippen molar-refractivity contribution >= 4 is 21.6 Å². The molecule has 1 amide bonds. The smallest absolute Gasteiger partial charge is 0.267 e. The summed E-state index contributed by atoms with van der Waals surface area (Å²) in [6.45, 7) is 8.19. The Morgan fingerprint density at radius 1 is 1.07 bits per heavy atom. The molecule has 0 spiro atoms. The van der Waals surface area contributed by atoms with Crippen LogP contribution in [-0.4, -0.2) is 31.4 Å². The van der Waals surface area contributed by atoms with E-state index in [1.165, 1.54) is 4.31 Å². The zero-order chi connectivity index (χ0) is 21.6. The highest BCUT2D eigenvalue weighted by Gasteiger charge is 2.20. The van der Waals surface area contributed by atoms with E-state index in [1.54, 1.807) is 55.6 Å². The maximum Gasteiger partial charge on any atom is 0.271 e. The van der Waals surface area contributed by atoms with Crippen molar-refractivity contribution in [3.05, 3.63) is 65.2 Å². The van der Waals surface area contributed by atoms with Gasteiger partial charge in [-0.15, -0.1) is 0 Å². The van der Waals surface area contributed by atoms with Crippen LogP contribution in [0, 0.1) is 12.8 Å². The molecule has 29 heavy (non-hydrogen) atoms. The van der Waals surface area contributed by atoms with E-state index in [9.17, 15) is 13.2 Å². The highest BCUT2D eigenvalue weighted by atomic mass is 32.2. The van der Waals surface area contributed by atoms with E-state index in [2.05, 4.69) is 10.5 Å². The number of nitrogens with one attached hydrogen (secondary N) is 1. The molecular weight excluding hydrogens is 386 g/mol. The summed E-state index contributed by atoms with van der Waals surface area (Å²) in [6, 6.07) is 13.6. The number of hydrogen-bond acceptors (Lipinski definition) is 4. The predicted octanol–water partition coefficient (Wildman–Crippen LogP) is 3.97. The van der Waals surface area contributed by atoms with Crippen molar-refractivity contribution in [1.29, 1.82) is 0 Å². The molecule has 2 aromatic carbocycles. The number of benzene rings is 2. The van der Waals surface area contributed by atoms with Crippen molar-refractivity contribution in [2.75, 3.05) is 7.05 Å². The van der Waals surface area contributed by atoms with E-state index in [0.717, 1.165) is 23.3 Å². The van der Waals surface area contributed by atoms with E-state index in [0.29, 0.717) is 5.56 Å². The SMILES string of the molecule is CC/C(=N/NC(=O)c1ccc(CN(C)S(=O)(=O)c2ccc(C)cc2)cc1)C(C)C. The van der Waals surface area contributed by atoms with Crippen LogP contribution in [-0.2, 0) is 16.6 Å². The highest BCUT2D eigenvalue weighted by molar-refractivity contribution is 7.89. The number of carbonyl (C=O) groups excluding carboxylic acids is 1. The zero-order valence-corrected chi connectivity index (χ0v) is 18.5. The van der Waals surface area contributed by atoms with Gasteiger partial charge in [0.05, 0.1) is 4.90 Å². The first-order valence-electron chi connectivity index (χ1n) is 9.64. The number of carbonyl (C=O) groups is 1. The molecule has 0 saturated heterocycles. The van der Waals surface area contributed by atoms with Crippen LogP contribution in [0.25, 0.3) is 0 Å².